The van der Waals surface area contributed by atoms with Gasteiger partial charge in [0.1, 0.15) is 16.7 Å². The molecule has 0 aliphatic carbocycles. The van der Waals surface area contributed by atoms with E-state index in [0.29, 0.717) is 0 Å². The van der Waals surface area contributed by atoms with Gasteiger partial charge in [0, 0.05) is 12.5 Å². The number of hydrogen-bond acceptors (Lipinski definition) is 4. The molecule has 0 aromatic carbocycles. The van der Waals surface area contributed by atoms with Gasteiger partial charge in [-0.15, -0.1) is 0 Å². The van der Waals surface area contributed by atoms with Gasteiger partial charge in [-0.2, -0.15) is 0 Å². The van der Waals surface area contributed by atoms with Crippen molar-refractivity contribution in [3.05, 3.63) is 23.2 Å². The molecule has 0 N–H and O–H groups in total. The van der Waals surface area contributed by atoms with E-state index in [-0.39, 0.29) is 16.7 Å². The van der Waals surface area contributed by atoms with Crippen molar-refractivity contribution >= 4 is 21.4 Å². The quantitative estimate of drug-likeness (QED) is 0.668. The lowest BCUT2D eigenvalue weighted by Crippen LogP contribution is -2.04. The van der Waals surface area contributed by atoms with Crippen LogP contribution in [0, 0.1) is 0 Å². The van der Waals surface area contributed by atoms with Gasteiger partial charge in [0.15, 0.2) is 9.84 Å². The molecule has 6 heteroatoms. The molecule has 0 atom stereocenters. The molecule has 0 bridgehead atoms. The summed E-state index contributed by atoms with van der Waals surface area (Å²) < 4.78 is 21.6. The molecule has 1 aromatic heterocycles. The number of halogens is 1. The fourth-order valence-electron chi connectivity index (χ4n) is 0.678. The molecule has 0 amide bonds. The van der Waals surface area contributed by atoms with Gasteiger partial charge in [-0.1, -0.05) is 11.6 Å². The Balaban J connectivity index is 2.91. The maximum Gasteiger partial charge on any atom is 0.154 e. The van der Waals surface area contributed by atoms with Crippen LogP contribution >= 0.6 is 11.6 Å². The number of rotatable bonds is 2. The second kappa shape index (κ2) is 3.37. The van der Waals surface area contributed by atoms with Crippen LogP contribution in [0.5, 0.6) is 0 Å². The summed E-state index contributed by atoms with van der Waals surface area (Å²) in [6, 6.07) is 1.49. The van der Waals surface area contributed by atoms with E-state index >= 15 is 0 Å². The van der Waals surface area contributed by atoms with Crippen molar-refractivity contribution < 1.29 is 8.42 Å². The summed E-state index contributed by atoms with van der Waals surface area (Å²) in [5.41, 5.74) is 0. The first-order valence-corrected chi connectivity index (χ1v) is 5.56. The molecular weight excluding hydrogens is 200 g/mol. The molecule has 12 heavy (non-hydrogen) atoms. The molecular formula is C6H7ClN2O2S. The van der Waals surface area contributed by atoms with Crippen molar-refractivity contribution in [2.45, 2.75) is 5.75 Å². The van der Waals surface area contributed by atoms with E-state index < -0.39 is 9.84 Å². The van der Waals surface area contributed by atoms with Crippen molar-refractivity contribution in [1.29, 1.82) is 0 Å². The molecule has 0 aliphatic rings. The minimum Gasteiger partial charge on any atom is -0.240 e. The first kappa shape index (κ1) is 9.41. The molecule has 1 aromatic rings. The summed E-state index contributed by atoms with van der Waals surface area (Å²) >= 11 is 5.53. The maximum atomic E-state index is 10.8. The van der Waals surface area contributed by atoms with Crippen molar-refractivity contribution in [3.63, 3.8) is 0 Å². The number of nitrogens with zero attached hydrogens (tertiary/aromatic N) is 2. The highest BCUT2D eigenvalue weighted by Gasteiger charge is 2.06. The number of aromatic nitrogens is 2. The Labute approximate surface area is 75.5 Å². The molecule has 1 heterocycles. The monoisotopic (exact) mass is 206 g/mol. The number of hydrogen-bond donors (Lipinski definition) is 0. The zero-order valence-electron chi connectivity index (χ0n) is 6.36. The lowest BCUT2D eigenvalue weighted by Gasteiger charge is -1.96. The van der Waals surface area contributed by atoms with E-state index in [4.69, 9.17) is 11.6 Å². The molecule has 0 aliphatic heterocycles. The van der Waals surface area contributed by atoms with Crippen LogP contribution in [0.4, 0.5) is 0 Å². The Kier molecular flexibility index (Phi) is 2.64. The summed E-state index contributed by atoms with van der Waals surface area (Å²) in [5.74, 6) is 0.0538. The summed E-state index contributed by atoms with van der Waals surface area (Å²) in [6.07, 6.45) is 2.55. The van der Waals surface area contributed by atoms with Crippen molar-refractivity contribution in [2.24, 2.45) is 0 Å². The van der Waals surface area contributed by atoms with Gasteiger partial charge in [0.2, 0.25) is 0 Å². The predicted octanol–water partition coefficient (Wildman–Crippen LogP) is 0.675. The van der Waals surface area contributed by atoms with E-state index in [1.807, 2.05) is 0 Å². The zero-order chi connectivity index (χ0) is 9.19. The molecule has 0 spiro atoms. The SMILES string of the molecule is CS(=O)(=O)Cc1nccc(Cl)n1. The Morgan fingerprint density at radius 3 is 2.75 bits per heavy atom. The van der Waals surface area contributed by atoms with Crippen LogP contribution in [-0.4, -0.2) is 24.6 Å². The summed E-state index contributed by atoms with van der Waals surface area (Å²) in [7, 11) is -3.08. The van der Waals surface area contributed by atoms with E-state index in [9.17, 15) is 8.42 Å². The lowest BCUT2D eigenvalue weighted by atomic mass is 10.6. The van der Waals surface area contributed by atoms with E-state index in [1.165, 1.54) is 12.3 Å². The first-order chi connectivity index (χ1) is 5.47. The van der Waals surface area contributed by atoms with Crippen LogP contribution in [0.2, 0.25) is 5.15 Å². The fraction of sp³-hybridized carbons (Fsp3) is 0.333. The van der Waals surface area contributed by atoms with Gasteiger partial charge in [-0.05, 0) is 6.07 Å². The van der Waals surface area contributed by atoms with Crippen molar-refractivity contribution in [2.75, 3.05) is 6.26 Å². The van der Waals surface area contributed by atoms with Gasteiger partial charge in [-0.25, -0.2) is 18.4 Å². The third kappa shape index (κ3) is 3.15. The standard InChI is InChI=1S/C6H7ClN2O2S/c1-12(10,11)4-6-8-3-2-5(7)9-6/h2-3H,4H2,1H3. The smallest absolute Gasteiger partial charge is 0.154 e. The molecule has 0 saturated carbocycles. The largest absolute Gasteiger partial charge is 0.240 e. The van der Waals surface area contributed by atoms with Gasteiger partial charge in [0.25, 0.3) is 0 Å². The topological polar surface area (TPSA) is 59.9 Å². The maximum absolute atomic E-state index is 10.8. The van der Waals surface area contributed by atoms with Crippen molar-refractivity contribution in [1.82, 2.24) is 9.97 Å². The predicted molar refractivity (Wildman–Crippen MR) is 45.6 cm³/mol. The second-order valence-electron chi connectivity index (χ2n) is 2.37. The van der Waals surface area contributed by atoms with Gasteiger partial charge < -0.3 is 0 Å². The van der Waals surface area contributed by atoms with Gasteiger partial charge >= 0.3 is 0 Å². The van der Waals surface area contributed by atoms with Crippen LogP contribution in [0.25, 0.3) is 0 Å². The van der Waals surface area contributed by atoms with Crippen LogP contribution in [0.3, 0.4) is 0 Å². The molecule has 0 unspecified atom stereocenters. The fourth-order valence-corrected chi connectivity index (χ4v) is 1.44. The minimum absolute atomic E-state index is 0.173. The highest BCUT2D eigenvalue weighted by molar-refractivity contribution is 7.89. The zero-order valence-corrected chi connectivity index (χ0v) is 7.93. The van der Waals surface area contributed by atoms with Crippen LogP contribution in [-0.2, 0) is 15.6 Å². The summed E-state index contributed by atoms with van der Waals surface area (Å²) in [4.78, 5) is 7.48. The Hall–Kier alpha value is -0.680. The lowest BCUT2D eigenvalue weighted by molar-refractivity contribution is 0.599. The second-order valence-corrected chi connectivity index (χ2v) is 4.89. The molecule has 1 rings (SSSR count). The minimum atomic E-state index is -3.08. The summed E-state index contributed by atoms with van der Waals surface area (Å²) in [6.45, 7) is 0. The van der Waals surface area contributed by atoms with Crippen LogP contribution in [0.15, 0.2) is 12.3 Å². The highest BCUT2D eigenvalue weighted by atomic mass is 35.5. The van der Waals surface area contributed by atoms with E-state index in [1.54, 1.807) is 0 Å². The molecule has 0 fully saturated rings. The highest BCUT2D eigenvalue weighted by Crippen LogP contribution is 2.04. The summed E-state index contributed by atoms with van der Waals surface area (Å²) in [5, 5.41) is 0.253. The molecule has 0 saturated heterocycles. The Bertz CT molecular complexity index is 377. The number of sulfone groups is 1. The average molecular weight is 207 g/mol. The third-order valence-corrected chi connectivity index (χ3v) is 2.06. The van der Waals surface area contributed by atoms with Gasteiger partial charge in [-0.3, -0.25) is 0 Å². The molecule has 4 nitrogen and oxygen atoms in total. The van der Waals surface area contributed by atoms with E-state index in [2.05, 4.69) is 9.97 Å². The Morgan fingerprint density at radius 2 is 2.25 bits per heavy atom. The van der Waals surface area contributed by atoms with Crippen molar-refractivity contribution in [3.8, 4) is 0 Å². The first-order valence-electron chi connectivity index (χ1n) is 3.12. The average Bonchev–Trinajstić information content (AvgIpc) is 1.82. The van der Waals surface area contributed by atoms with Crippen LogP contribution in [0.1, 0.15) is 5.82 Å². The normalized spacial score (nSPS) is 11.5. The molecule has 66 valence electrons. The molecule has 0 radical (unpaired) electrons. The Morgan fingerprint density at radius 1 is 1.58 bits per heavy atom. The van der Waals surface area contributed by atoms with E-state index in [0.717, 1.165) is 6.26 Å². The van der Waals surface area contributed by atoms with Gasteiger partial charge in [0.05, 0.1) is 0 Å². The third-order valence-electron chi connectivity index (χ3n) is 1.06. The van der Waals surface area contributed by atoms with Crippen LogP contribution < -0.4 is 0 Å².